The lowest BCUT2D eigenvalue weighted by molar-refractivity contribution is -0.134. The Kier molecular flexibility index (Phi) is 9.75. The van der Waals surface area contributed by atoms with Crippen LogP contribution in [0.2, 0.25) is 0 Å². The van der Waals surface area contributed by atoms with Gasteiger partial charge < -0.3 is 14.9 Å². The molecule has 2 atom stereocenters. The van der Waals surface area contributed by atoms with Crippen molar-refractivity contribution in [2.45, 2.75) is 98.5 Å². The molecular weight excluding hydrogens is 364 g/mol. The first-order valence-corrected chi connectivity index (χ1v) is 11.1. The molecule has 1 aromatic rings. The molecule has 29 heavy (non-hydrogen) atoms. The first kappa shape index (κ1) is 25.1. The Hall–Kier alpha value is -1.97. The molecule has 164 valence electrons. The first-order chi connectivity index (χ1) is 13.7. The van der Waals surface area contributed by atoms with E-state index in [-0.39, 0.29) is 11.5 Å². The number of aromatic hydroxyl groups is 1. The molecule has 0 saturated heterocycles. The van der Waals surface area contributed by atoms with E-state index in [1.807, 2.05) is 19.9 Å². The van der Waals surface area contributed by atoms with Gasteiger partial charge in [0.25, 0.3) is 5.97 Å². The number of fused-ring (bicyclic) bond motifs is 3. The van der Waals surface area contributed by atoms with E-state index in [2.05, 4.69) is 39.8 Å². The number of hydrogen-bond acceptors (Lipinski definition) is 3. The maximum absolute atomic E-state index is 10.7. The number of carboxylic acid groups (broad SMARTS) is 1. The summed E-state index contributed by atoms with van der Waals surface area (Å²) in [6.45, 7) is 13.9. The molecule has 0 radical (unpaired) electrons. The van der Waals surface area contributed by atoms with Gasteiger partial charge in [-0.15, -0.1) is 0 Å². The van der Waals surface area contributed by atoms with E-state index in [0.717, 1.165) is 37.5 Å². The SMILES string of the molecule is CC.CC(=O)O.CCCCCc1cc(O)c2c(c1)OC(C)(C)[C@@H]1CCC(C)=C[C@@H]21. The number of unbranched alkanes of at least 4 members (excludes halogenated alkanes) is 2. The number of aliphatic carboxylic acids is 1. The van der Waals surface area contributed by atoms with Gasteiger partial charge in [-0.1, -0.05) is 45.3 Å². The van der Waals surface area contributed by atoms with Gasteiger partial charge in [-0.05, 0) is 64.2 Å². The fraction of sp³-hybridized carbons (Fsp3) is 0.640. The average molecular weight is 405 g/mol. The van der Waals surface area contributed by atoms with Gasteiger partial charge in [0.2, 0.25) is 0 Å². The molecular formula is C25H40O4. The van der Waals surface area contributed by atoms with E-state index in [9.17, 15) is 5.11 Å². The Balaban J connectivity index is 0.000000627. The highest BCUT2D eigenvalue weighted by Crippen LogP contribution is 2.53. The lowest BCUT2D eigenvalue weighted by Crippen LogP contribution is -2.45. The number of phenolic OH excluding ortho intramolecular Hbond substituents is 1. The molecule has 3 rings (SSSR count). The van der Waals surface area contributed by atoms with E-state index in [1.165, 1.54) is 30.4 Å². The van der Waals surface area contributed by atoms with Gasteiger partial charge in [0, 0.05) is 24.3 Å². The summed E-state index contributed by atoms with van der Waals surface area (Å²) in [5.74, 6) is 1.21. The Labute approximate surface area is 177 Å². The summed E-state index contributed by atoms with van der Waals surface area (Å²) in [5.41, 5.74) is 3.46. The van der Waals surface area contributed by atoms with Crippen LogP contribution >= 0.6 is 0 Å². The molecule has 1 aromatic carbocycles. The standard InChI is InChI=1S/C21H30O2.C2H4O2.C2H6/c1-5-6-7-8-15-12-18(22)20-16-11-14(2)9-10-17(16)21(3,4)23-19(20)13-15;1-2(3)4;1-2/h11-13,16-17,22H,5-10H2,1-4H3;1H3,(H,3,4);1-2H3/t16-,17-;;/m1../s1. The maximum Gasteiger partial charge on any atom is 0.300 e. The number of phenols is 1. The summed E-state index contributed by atoms with van der Waals surface area (Å²) >= 11 is 0. The van der Waals surface area contributed by atoms with Crippen molar-refractivity contribution >= 4 is 5.97 Å². The monoisotopic (exact) mass is 404 g/mol. The molecule has 0 spiro atoms. The molecule has 1 aliphatic carbocycles. The molecule has 2 N–H and O–H groups in total. The topological polar surface area (TPSA) is 66.8 Å². The molecule has 0 unspecified atom stereocenters. The number of hydrogen-bond donors (Lipinski definition) is 2. The van der Waals surface area contributed by atoms with Gasteiger partial charge in [-0.25, -0.2) is 0 Å². The maximum atomic E-state index is 10.7. The minimum absolute atomic E-state index is 0.177. The van der Waals surface area contributed by atoms with Gasteiger partial charge in [-0.3, -0.25) is 4.79 Å². The molecule has 0 fully saturated rings. The predicted molar refractivity (Wildman–Crippen MR) is 120 cm³/mol. The van der Waals surface area contributed by atoms with E-state index < -0.39 is 5.97 Å². The van der Waals surface area contributed by atoms with Crippen LogP contribution in [0.1, 0.15) is 97.6 Å². The van der Waals surface area contributed by atoms with Crippen LogP contribution in [0.3, 0.4) is 0 Å². The van der Waals surface area contributed by atoms with Gasteiger partial charge in [0.1, 0.15) is 17.1 Å². The summed E-state index contributed by atoms with van der Waals surface area (Å²) in [6.07, 6.45) is 9.26. The molecule has 1 heterocycles. The van der Waals surface area contributed by atoms with Crippen molar-refractivity contribution in [1.82, 2.24) is 0 Å². The third-order valence-electron chi connectivity index (χ3n) is 5.60. The zero-order chi connectivity index (χ0) is 22.2. The van der Waals surface area contributed by atoms with E-state index in [4.69, 9.17) is 14.6 Å². The molecule has 4 heteroatoms. The minimum atomic E-state index is -0.833. The van der Waals surface area contributed by atoms with E-state index >= 15 is 0 Å². The van der Waals surface area contributed by atoms with E-state index in [0.29, 0.717) is 11.7 Å². The molecule has 0 amide bonds. The molecule has 4 nitrogen and oxygen atoms in total. The smallest absolute Gasteiger partial charge is 0.300 e. The number of rotatable bonds is 4. The second-order valence-corrected chi connectivity index (χ2v) is 8.39. The third-order valence-corrected chi connectivity index (χ3v) is 5.60. The van der Waals surface area contributed by atoms with Crippen molar-refractivity contribution in [2.24, 2.45) is 5.92 Å². The number of ether oxygens (including phenoxy) is 1. The Morgan fingerprint density at radius 1 is 1.24 bits per heavy atom. The molecule has 2 aliphatic rings. The second-order valence-electron chi connectivity index (χ2n) is 8.39. The van der Waals surface area contributed by atoms with E-state index in [1.54, 1.807) is 0 Å². The number of aryl methyl sites for hydroxylation is 1. The van der Waals surface area contributed by atoms with Crippen molar-refractivity contribution in [3.8, 4) is 11.5 Å². The summed E-state index contributed by atoms with van der Waals surface area (Å²) in [6, 6.07) is 4.13. The van der Waals surface area contributed by atoms with Gasteiger partial charge >= 0.3 is 0 Å². The predicted octanol–water partition coefficient (Wildman–Crippen LogP) is 6.85. The summed E-state index contributed by atoms with van der Waals surface area (Å²) in [4.78, 5) is 9.00. The summed E-state index contributed by atoms with van der Waals surface area (Å²) in [5, 5.41) is 18.1. The zero-order valence-corrected chi connectivity index (χ0v) is 19.3. The van der Waals surface area contributed by atoms with Crippen LogP contribution in [0, 0.1) is 5.92 Å². The van der Waals surface area contributed by atoms with Crippen LogP contribution in [0.4, 0.5) is 0 Å². The quantitative estimate of drug-likeness (QED) is 0.425. The molecule has 0 saturated carbocycles. The molecule has 1 aliphatic heterocycles. The largest absolute Gasteiger partial charge is 0.507 e. The Morgan fingerprint density at radius 2 is 1.86 bits per heavy atom. The fourth-order valence-corrected chi connectivity index (χ4v) is 4.30. The van der Waals surface area contributed by atoms with Crippen molar-refractivity contribution < 1.29 is 19.7 Å². The minimum Gasteiger partial charge on any atom is -0.507 e. The fourth-order valence-electron chi connectivity index (χ4n) is 4.30. The van der Waals surface area contributed by atoms with Crippen LogP contribution in [0.15, 0.2) is 23.8 Å². The lowest BCUT2D eigenvalue weighted by atomic mass is 9.68. The number of allylic oxidation sites excluding steroid dienone is 2. The van der Waals surface area contributed by atoms with Gasteiger partial charge in [0.05, 0.1) is 0 Å². The molecule has 0 aromatic heterocycles. The van der Waals surface area contributed by atoms with Crippen LogP contribution in [0.25, 0.3) is 0 Å². The lowest BCUT2D eigenvalue weighted by Gasteiger charge is -2.46. The first-order valence-electron chi connectivity index (χ1n) is 11.1. The highest BCUT2D eigenvalue weighted by molar-refractivity contribution is 5.63. The van der Waals surface area contributed by atoms with Crippen LogP contribution in [-0.4, -0.2) is 21.8 Å². The Morgan fingerprint density at radius 3 is 2.45 bits per heavy atom. The third kappa shape index (κ3) is 6.80. The van der Waals surface area contributed by atoms with Gasteiger partial charge in [-0.2, -0.15) is 0 Å². The highest BCUT2D eigenvalue weighted by Gasteiger charge is 2.45. The van der Waals surface area contributed by atoms with Crippen molar-refractivity contribution in [3.63, 3.8) is 0 Å². The van der Waals surface area contributed by atoms with Crippen molar-refractivity contribution in [2.75, 3.05) is 0 Å². The summed E-state index contributed by atoms with van der Waals surface area (Å²) in [7, 11) is 0. The number of carbonyl (C=O) groups is 1. The van der Waals surface area contributed by atoms with Crippen molar-refractivity contribution in [3.05, 3.63) is 34.9 Å². The average Bonchev–Trinajstić information content (AvgIpc) is 2.62. The van der Waals surface area contributed by atoms with Crippen LogP contribution in [-0.2, 0) is 11.2 Å². The van der Waals surface area contributed by atoms with Crippen molar-refractivity contribution in [1.29, 1.82) is 0 Å². The highest BCUT2D eigenvalue weighted by atomic mass is 16.5. The number of benzene rings is 1. The molecule has 0 bridgehead atoms. The van der Waals surface area contributed by atoms with Gasteiger partial charge in [0.15, 0.2) is 0 Å². The Bertz CT molecular complexity index is 699. The normalized spacial score (nSPS) is 21.0. The second kappa shape index (κ2) is 11.3. The number of carboxylic acids is 1. The van der Waals surface area contributed by atoms with Crippen LogP contribution in [0.5, 0.6) is 11.5 Å². The summed E-state index contributed by atoms with van der Waals surface area (Å²) < 4.78 is 6.36. The van der Waals surface area contributed by atoms with Crippen LogP contribution < -0.4 is 4.74 Å². The zero-order valence-electron chi connectivity index (χ0n) is 19.3.